The molecule has 2 rings (SSSR count). The van der Waals surface area contributed by atoms with Crippen LogP contribution in [0.4, 0.5) is 0 Å². The van der Waals surface area contributed by atoms with Gasteiger partial charge in [0.1, 0.15) is 10.1 Å². The Morgan fingerprint density at radius 1 is 1.40 bits per heavy atom. The number of ether oxygens (including phenoxy) is 1. The van der Waals surface area contributed by atoms with Gasteiger partial charge in [0.15, 0.2) is 0 Å². The van der Waals surface area contributed by atoms with Gasteiger partial charge in [0, 0.05) is 7.05 Å². The normalized spacial score (nSPS) is 18.8. The fraction of sp³-hybridized carbons (Fsp3) is 0.333. The molecule has 3 nitrogen and oxygen atoms in total. The molecular weight excluding hydrogens is 290 g/mol. The summed E-state index contributed by atoms with van der Waals surface area (Å²) >= 11 is 6.43. The second-order valence-electron chi connectivity index (χ2n) is 4.65. The van der Waals surface area contributed by atoms with Crippen molar-refractivity contribution >= 4 is 40.3 Å². The molecule has 1 saturated heterocycles. The van der Waals surface area contributed by atoms with Crippen LogP contribution < -0.4 is 4.74 Å². The average molecular weight is 307 g/mol. The van der Waals surface area contributed by atoms with Crippen molar-refractivity contribution in [2.24, 2.45) is 0 Å². The van der Waals surface area contributed by atoms with E-state index in [1.165, 1.54) is 16.7 Å². The van der Waals surface area contributed by atoms with Crippen molar-refractivity contribution in [3.05, 3.63) is 34.7 Å². The van der Waals surface area contributed by atoms with Gasteiger partial charge in [-0.15, -0.1) is 0 Å². The van der Waals surface area contributed by atoms with Crippen LogP contribution in [0.3, 0.4) is 0 Å². The maximum Gasteiger partial charge on any atom is 0.265 e. The maximum absolute atomic E-state index is 11.9. The number of thiocarbonyl (C=S) groups is 1. The van der Waals surface area contributed by atoms with Crippen LogP contribution >= 0.6 is 24.0 Å². The molecule has 1 aromatic carbocycles. The molecule has 20 heavy (non-hydrogen) atoms. The molecule has 1 aromatic rings. The van der Waals surface area contributed by atoms with Gasteiger partial charge in [-0.2, -0.15) is 0 Å². The third-order valence-electron chi connectivity index (χ3n) is 3.08. The predicted molar refractivity (Wildman–Crippen MR) is 87.8 cm³/mol. The first-order valence-electron chi connectivity index (χ1n) is 6.49. The molecule has 0 spiro atoms. The lowest BCUT2D eigenvalue weighted by atomic mass is 10.2. The fourth-order valence-electron chi connectivity index (χ4n) is 1.66. The quantitative estimate of drug-likeness (QED) is 0.627. The Morgan fingerprint density at radius 2 is 2.05 bits per heavy atom. The van der Waals surface area contributed by atoms with E-state index >= 15 is 0 Å². The van der Waals surface area contributed by atoms with Crippen LogP contribution in [0.2, 0.25) is 0 Å². The molecule has 0 N–H and O–H groups in total. The number of hydrogen-bond donors (Lipinski definition) is 0. The second kappa shape index (κ2) is 6.41. The van der Waals surface area contributed by atoms with Crippen molar-refractivity contribution in [2.45, 2.75) is 26.4 Å². The molecule has 0 saturated carbocycles. The highest BCUT2D eigenvalue weighted by Gasteiger charge is 2.28. The highest BCUT2D eigenvalue weighted by molar-refractivity contribution is 8.26. The molecule has 1 aliphatic rings. The van der Waals surface area contributed by atoms with E-state index in [1.54, 1.807) is 7.05 Å². The van der Waals surface area contributed by atoms with E-state index in [4.69, 9.17) is 17.0 Å². The molecule has 1 fully saturated rings. The summed E-state index contributed by atoms with van der Waals surface area (Å²) in [7, 11) is 1.70. The van der Waals surface area contributed by atoms with Crippen LogP contribution in [-0.4, -0.2) is 28.3 Å². The number of carbonyl (C=O) groups is 1. The lowest BCUT2D eigenvalue weighted by Gasteiger charge is -2.12. The van der Waals surface area contributed by atoms with Gasteiger partial charge in [-0.1, -0.05) is 43.0 Å². The number of carbonyl (C=O) groups excluding carboxylic acids is 1. The Bertz CT molecular complexity index is 551. The summed E-state index contributed by atoms with van der Waals surface area (Å²) < 4.78 is 6.32. The number of rotatable bonds is 4. The Kier molecular flexibility index (Phi) is 4.83. The number of benzene rings is 1. The molecule has 1 amide bonds. The molecule has 1 atom stereocenters. The minimum atomic E-state index is -0.0417. The number of thioether (sulfide) groups is 1. The molecule has 1 heterocycles. The summed E-state index contributed by atoms with van der Waals surface area (Å²) in [5, 5.41) is 0. The zero-order valence-electron chi connectivity index (χ0n) is 11.8. The van der Waals surface area contributed by atoms with Gasteiger partial charge in [0.2, 0.25) is 0 Å². The van der Waals surface area contributed by atoms with Crippen LogP contribution in [0.5, 0.6) is 5.75 Å². The number of nitrogens with zero attached hydrogens (tertiary/aromatic N) is 1. The monoisotopic (exact) mass is 307 g/mol. The molecule has 5 heteroatoms. The predicted octanol–water partition coefficient (Wildman–Crippen LogP) is 3.69. The number of hydrogen-bond acceptors (Lipinski definition) is 4. The van der Waals surface area contributed by atoms with Crippen molar-refractivity contribution in [1.82, 2.24) is 4.90 Å². The van der Waals surface area contributed by atoms with Crippen LogP contribution in [-0.2, 0) is 4.79 Å². The average Bonchev–Trinajstić information content (AvgIpc) is 2.68. The summed E-state index contributed by atoms with van der Waals surface area (Å²) in [5.74, 6) is 0.805. The smallest absolute Gasteiger partial charge is 0.265 e. The van der Waals surface area contributed by atoms with Crippen molar-refractivity contribution < 1.29 is 9.53 Å². The van der Waals surface area contributed by atoms with Gasteiger partial charge < -0.3 is 4.74 Å². The molecule has 1 aliphatic heterocycles. The van der Waals surface area contributed by atoms with Crippen molar-refractivity contribution in [3.63, 3.8) is 0 Å². The maximum atomic E-state index is 11.9. The molecule has 0 aromatic heterocycles. The second-order valence-corrected chi connectivity index (χ2v) is 6.32. The molecule has 106 valence electrons. The largest absolute Gasteiger partial charge is 0.491 e. The van der Waals surface area contributed by atoms with E-state index in [-0.39, 0.29) is 12.0 Å². The first kappa shape index (κ1) is 15.1. The van der Waals surface area contributed by atoms with E-state index in [0.717, 1.165) is 17.7 Å². The van der Waals surface area contributed by atoms with Crippen molar-refractivity contribution in [2.75, 3.05) is 7.05 Å². The van der Waals surface area contributed by atoms with Gasteiger partial charge in [-0.25, -0.2) is 0 Å². The molecule has 0 aliphatic carbocycles. The lowest BCUT2D eigenvalue weighted by Crippen LogP contribution is -2.22. The summed E-state index contributed by atoms with van der Waals surface area (Å²) in [4.78, 5) is 14.0. The summed E-state index contributed by atoms with van der Waals surface area (Å²) in [6.45, 7) is 4.13. The minimum absolute atomic E-state index is 0.0417. The summed E-state index contributed by atoms with van der Waals surface area (Å²) in [5.41, 5.74) is 0.968. The number of likely N-dealkylation sites (N-methyl/N-ethyl adjacent to an activating group) is 1. The van der Waals surface area contributed by atoms with E-state index in [0.29, 0.717) is 9.23 Å². The highest BCUT2D eigenvalue weighted by atomic mass is 32.2. The first-order valence-corrected chi connectivity index (χ1v) is 7.72. The number of amides is 1. The van der Waals surface area contributed by atoms with Crippen LogP contribution in [0.1, 0.15) is 25.8 Å². The molecule has 0 unspecified atom stereocenters. The third kappa shape index (κ3) is 3.41. The fourth-order valence-corrected chi connectivity index (χ4v) is 2.83. The highest BCUT2D eigenvalue weighted by Crippen LogP contribution is 2.31. The lowest BCUT2D eigenvalue weighted by molar-refractivity contribution is -0.121. The molecule has 0 radical (unpaired) electrons. The van der Waals surface area contributed by atoms with E-state index < -0.39 is 0 Å². The SMILES string of the molecule is CC[C@H](C)Oc1ccc(/C=C2/SC(=S)N(C)C2=O)cc1. The van der Waals surface area contributed by atoms with Crippen LogP contribution in [0.25, 0.3) is 6.08 Å². The Labute approximate surface area is 129 Å². The van der Waals surface area contributed by atoms with E-state index in [2.05, 4.69) is 6.92 Å². The Morgan fingerprint density at radius 3 is 2.55 bits per heavy atom. The van der Waals surface area contributed by atoms with Crippen LogP contribution in [0.15, 0.2) is 29.2 Å². The standard InChI is InChI=1S/C15H17NO2S2/c1-4-10(2)18-12-7-5-11(6-8-12)9-13-14(17)16(3)15(19)20-13/h5-10H,4H2,1-3H3/b13-9+/t10-/m0/s1. The summed E-state index contributed by atoms with van der Waals surface area (Å²) in [6.07, 6.45) is 3.04. The van der Waals surface area contributed by atoms with Gasteiger partial charge in [0.05, 0.1) is 11.0 Å². The first-order chi connectivity index (χ1) is 9.51. The summed E-state index contributed by atoms with van der Waals surface area (Å²) in [6, 6.07) is 7.73. The van der Waals surface area contributed by atoms with Crippen molar-refractivity contribution in [3.8, 4) is 5.75 Å². The van der Waals surface area contributed by atoms with Gasteiger partial charge in [0.25, 0.3) is 5.91 Å². The van der Waals surface area contributed by atoms with Gasteiger partial charge in [-0.3, -0.25) is 9.69 Å². The van der Waals surface area contributed by atoms with E-state index in [1.807, 2.05) is 37.3 Å². The van der Waals surface area contributed by atoms with Gasteiger partial charge >= 0.3 is 0 Å². The van der Waals surface area contributed by atoms with Crippen molar-refractivity contribution in [1.29, 1.82) is 0 Å². The zero-order chi connectivity index (χ0) is 14.7. The van der Waals surface area contributed by atoms with Crippen LogP contribution in [0, 0.1) is 0 Å². The molecule has 0 bridgehead atoms. The van der Waals surface area contributed by atoms with E-state index in [9.17, 15) is 4.79 Å². The zero-order valence-corrected chi connectivity index (χ0v) is 13.4. The minimum Gasteiger partial charge on any atom is -0.491 e. The Hall–Kier alpha value is -1.33. The Balaban J connectivity index is 2.11. The third-order valence-corrected chi connectivity index (χ3v) is 4.56. The topological polar surface area (TPSA) is 29.5 Å². The molecular formula is C15H17NO2S2. The van der Waals surface area contributed by atoms with Gasteiger partial charge in [-0.05, 0) is 37.1 Å².